The first-order chi connectivity index (χ1) is 9.15. The Morgan fingerprint density at radius 3 is 2.84 bits per heavy atom. The monoisotopic (exact) mass is 309 g/mol. The van der Waals surface area contributed by atoms with Gasteiger partial charge < -0.3 is 5.11 Å². The van der Waals surface area contributed by atoms with Crippen LogP contribution in [0.3, 0.4) is 0 Å². The Morgan fingerprint density at radius 2 is 2.00 bits per heavy atom. The number of fused-ring (bicyclic) bond motifs is 1. The molecule has 5 heteroatoms. The molecule has 96 valence electrons. The van der Waals surface area contributed by atoms with E-state index in [9.17, 15) is 5.11 Å². The van der Waals surface area contributed by atoms with Gasteiger partial charge >= 0.3 is 0 Å². The van der Waals surface area contributed by atoms with Crippen molar-refractivity contribution in [2.45, 2.75) is 6.10 Å². The Kier molecular flexibility index (Phi) is 3.46. The van der Waals surface area contributed by atoms with Gasteiger partial charge in [-0.05, 0) is 35.7 Å². The topological polar surface area (TPSA) is 33.1 Å². The third-order valence-corrected chi connectivity index (χ3v) is 4.32. The van der Waals surface area contributed by atoms with Gasteiger partial charge in [0.2, 0.25) is 0 Å². The lowest BCUT2D eigenvalue weighted by atomic mass is 10.0. The molecule has 1 aromatic carbocycles. The summed E-state index contributed by atoms with van der Waals surface area (Å²) in [6.07, 6.45) is 0.835. The SMILES string of the molecule is OC(c1cnc2ccsc2c1)c1cc(Cl)ccc1Cl. The molecule has 19 heavy (non-hydrogen) atoms. The van der Waals surface area contributed by atoms with Crippen molar-refractivity contribution in [2.24, 2.45) is 0 Å². The first-order valence-electron chi connectivity index (χ1n) is 5.61. The molecule has 0 saturated heterocycles. The van der Waals surface area contributed by atoms with Gasteiger partial charge in [0.05, 0.1) is 10.2 Å². The zero-order valence-corrected chi connectivity index (χ0v) is 12.0. The molecule has 0 aliphatic carbocycles. The fourth-order valence-corrected chi connectivity index (χ4v) is 3.11. The lowest BCUT2D eigenvalue weighted by Crippen LogP contribution is -2.01. The summed E-state index contributed by atoms with van der Waals surface area (Å²) in [6, 6.07) is 8.92. The van der Waals surface area contributed by atoms with Crippen LogP contribution in [-0.2, 0) is 0 Å². The summed E-state index contributed by atoms with van der Waals surface area (Å²) in [7, 11) is 0. The van der Waals surface area contributed by atoms with Gasteiger partial charge in [0.1, 0.15) is 6.10 Å². The van der Waals surface area contributed by atoms with Crippen LogP contribution in [0.5, 0.6) is 0 Å². The number of benzene rings is 1. The second-order valence-corrected chi connectivity index (χ2v) is 5.93. The van der Waals surface area contributed by atoms with Crippen LogP contribution in [0.25, 0.3) is 10.2 Å². The zero-order valence-electron chi connectivity index (χ0n) is 9.68. The Labute approximate surface area is 124 Å². The van der Waals surface area contributed by atoms with E-state index in [1.54, 1.807) is 35.7 Å². The van der Waals surface area contributed by atoms with Crippen molar-refractivity contribution in [3.63, 3.8) is 0 Å². The van der Waals surface area contributed by atoms with E-state index in [1.165, 1.54) is 0 Å². The molecule has 1 N–H and O–H groups in total. The average Bonchev–Trinajstić information content (AvgIpc) is 2.88. The zero-order chi connectivity index (χ0) is 13.4. The van der Waals surface area contributed by atoms with Gasteiger partial charge in [-0.2, -0.15) is 0 Å². The number of halogens is 2. The molecular weight excluding hydrogens is 301 g/mol. The molecule has 3 aromatic rings. The lowest BCUT2D eigenvalue weighted by molar-refractivity contribution is 0.220. The fourth-order valence-electron chi connectivity index (χ4n) is 1.91. The molecule has 2 heterocycles. The highest BCUT2D eigenvalue weighted by Crippen LogP contribution is 2.32. The second-order valence-electron chi connectivity index (χ2n) is 4.14. The van der Waals surface area contributed by atoms with Crippen molar-refractivity contribution in [1.82, 2.24) is 4.98 Å². The molecule has 3 rings (SSSR count). The predicted octanol–water partition coefficient (Wildman–Crippen LogP) is 4.68. The molecule has 1 atom stereocenters. The highest BCUT2D eigenvalue weighted by atomic mass is 35.5. The summed E-state index contributed by atoms with van der Waals surface area (Å²) in [6.45, 7) is 0. The third-order valence-electron chi connectivity index (χ3n) is 2.89. The highest BCUT2D eigenvalue weighted by Gasteiger charge is 2.15. The van der Waals surface area contributed by atoms with Crippen molar-refractivity contribution in [2.75, 3.05) is 0 Å². The Bertz CT molecular complexity index is 741. The number of thiophene rings is 1. The molecule has 2 aromatic heterocycles. The van der Waals surface area contributed by atoms with Crippen LogP contribution in [0, 0.1) is 0 Å². The number of hydrogen-bond acceptors (Lipinski definition) is 3. The van der Waals surface area contributed by atoms with Crippen LogP contribution in [0.2, 0.25) is 10.0 Å². The van der Waals surface area contributed by atoms with Crippen molar-refractivity contribution in [3.05, 3.63) is 63.1 Å². The molecule has 0 aliphatic rings. The van der Waals surface area contributed by atoms with Crippen LogP contribution < -0.4 is 0 Å². The third kappa shape index (κ3) is 2.47. The maximum absolute atomic E-state index is 10.4. The molecule has 0 bridgehead atoms. The largest absolute Gasteiger partial charge is 0.384 e. The summed E-state index contributed by atoms with van der Waals surface area (Å²) >= 11 is 13.6. The molecule has 0 aliphatic heterocycles. The molecule has 0 fully saturated rings. The van der Waals surface area contributed by atoms with Crippen LogP contribution in [0.4, 0.5) is 0 Å². The van der Waals surface area contributed by atoms with Crippen LogP contribution in [-0.4, -0.2) is 10.1 Å². The highest BCUT2D eigenvalue weighted by molar-refractivity contribution is 7.17. The van der Waals surface area contributed by atoms with E-state index in [0.29, 0.717) is 21.2 Å². The summed E-state index contributed by atoms with van der Waals surface area (Å²) in [4.78, 5) is 4.31. The van der Waals surface area contributed by atoms with Gasteiger partial charge in [-0.25, -0.2) is 0 Å². The quantitative estimate of drug-likeness (QED) is 0.745. The van der Waals surface area contributed by atoms with Gasteiger partial charge in [0, 0.05) is 27.4 Å². The normalized spacial score (nSPS) is 12.8. The van der Waals surface area contributed by atoms with Gasteiger partial charge in [0.25, 0.3) is 0 Å². The second kappa shape index (κ2) is 5.10. The van der Waals surface area contributed by atoms with Gasteiger partial charge in [-0.3, -0.25) is 4.98 Å². The average molecular weight is 310 g/mol. The number of hydrogen-bond donors (Lipinski definition) is 1. The van der Waals surface area contributed by atoms with E-state index in [4.69, 9.17) is 23.2 Å². The maximum Gasteiger partial charge on any atom is 0.107 e. The minimum Gasteiger partial charge on any atom is -0.384 e. The number of aliphatic hydroxyl groups excluding tert-OH is 1. The van der Waals surface area contributed by atoms with Crippen molar-refractivity contribution in [1.29, 1.82) is 0 Å². The van der Waals surface area contributed by atoms with E-state index >= 15 is 0 Å². The Balaban J connectivity index is 2.07. The van der Waals surface area contributed by atoms with E-state index in [-0.39, 0.29) is 0 Å². The standard InChI is InChI=1S/C14H9Cl2NOS/c15-9-1-2-11(16)10(6-9)14(18)8-5-13-12(17-7-8)3-4-19-13/h1-7,14,18H. The van der Waals surface area contributed by atoms with Crippen molar-refractivity contribution < 1.29 is 5.11 Å². The van der Waals surface area contributed by atoms with E-state index in [1.807, 2.05) is 17.5 Å². The fraction of sp³-hybridized carbons (Fsp3) is 0.0714. The van der Waals surface area contributed by atoms with Crippen molar-refractivity contribution in [3.8, 4) is 0 Å². The number of rotatable bonds is 2. The molecule has 0 amide bonds. The summed E-state index contributed by atoms with van der Waals surface area (Å²) in [5.41, 5.74) is 2.23. The number of aliphatic hydroxyl groups is 1. The van der Waals surface area contributed by atoms with Crippen LogP contribution >= 0.6 is 34.5 Å². The lowest BCUT2D eigenvalue weighted by Gasteiger charge is -2.13. The van der Waals surface area contributed by atoms with Crippen LogP contribution in [0.1, 0.15) is 17.2 Å². The van der Waals surface area contributed by atoms with Gasteiger partial charge in [-0.15, -0.1) is 11.3 Å². The predicted molar refractivity (Wildman–Crippen MR) is 80.1 cm³/mol. The first-order valence-corrected chi connectivity index (χ1v) is 7.25. The molecule has 0 radical (unpaired) electrons. The summed E-state index contributed by atoms with van der Waals surface area (Å²) in [5, 5.41) is 13.4. The molecule has 1 unspecified atom stereocenters. The molecule has 0 spiro atoms. The maximum atomic E-state index is 10.4. The summed E-state index contributed by atoms with van der Waals surface area (Å²) < 4.78 is 1.04. The number of aromatic nitrogens is 1. The summed E-state index contributed by atoms with van der Waals surface area (Å²) in [5.74, 6) is 0. The van der Waals surface area contributed by atoms with Gasteiger partial charge in [0.15, 0.2) is 0 Å². The van der Waals surface area contributed by atoms with Gasteiger partial charge in [-0.1, -0.05) is 23.2 Å². The molecule has 2 nitrogen and oxygen atoms in total. The minimum absolute atomic E-state index is 0.489. The molecule has 0 saturated carbocycles. The van der Waals surface area contributed by atoms with E-state index in [0.717, 1.165) is 10.2 Å². The first kappa shape index (κ1) is 12.9. The van der Waals surface area contributed by atoms with Crippen molar-refractivity contribution >= 4 is 44.8 Å². The Morgan fingerprint density at radius 1 is 1.16 bits per heavy atom. The van der Waals surface area contributed by atoms with E-state index in [2.05, 4.69) is 4.98 Å². The smallest absolute Gasteiger partial charge is 0.107 e. The Hall–Kier alpha value is -1.13. The number of nitrogens with zero attached hydrogens (tertiary/aromatic N) is 1. The number of pyridine rings is 1. The van der Waals surface area contributed by atoms with Crippen LogP contribution in [0.15, 0.2) is 41.9 Å². The van der Waals surface area contributed by atoms with E-state index < -0.39 is 6.10 Å². The molecular formula is C14H9Cl2NOS. The minimum atomic E-state index is -0.829.